The number of fused-ring (bicyclic) bond motifs is 1. The van der Waals surface area contributed by atoms with Crippen LogP contribution in [0.25, 0.3) is 10.2 Å². The van der Waals surface area contributed by atoms with Gasteiger partial charge in [0.05, 0.1) is 24.6 Å². The normalized spacial score (nSPS) is 18.9. The summed E-state index contributed by atoms with van der Waals surface area (Å²) in [6.07, 6.45) is 1.86. The number of piperidine rings is 1. The fourth-order valence-corrected chi connectivity index (χ4v) is 8.23. The first kappa shape index (κ1) is 22.3. The number of hydrogen-bond acceptors (Lipinski definition) is 5. The highest BCUT2D eigenvalue weighted by Gasteiger charge is 2.38. The number of rotatable bonds is 3. The fraction of sp³-hybridized carbons (Fsp3) is 0.333. The monoisotopic (exact) mass is 523 g/mol. The van der Waals surface area contributed by atoms with Crippen LogP contribution in [0.5, 0.6) is 0 Å². The van der Waals surface area contributed by atoms with E-state index in [0.717, 1.165) is 22.5 Å². The molecule has 1 fully saturated rings. The molecule has 1 aliphatic heterocycles. The second-order valence-corrected chi connectivity index (χ2v) is 12.4. The standard InChI is InChI=1S/C18H16Cl3N3O3S3/c1-23-16-12(6-5-10(19)15(16)21)28-18(23)22-17(25)11-4-2-3-9-24(11)30(26,27)14-8-7-13(20)29-14/h5-8,11H,2-4,9H2,1H3. The van der Waals surface area contributed by atoms with Crippen molar-refractivity contribution in [2.75, 3.05) is 6.54 Å². The summed E-state index contributed by atoms with van der Waals surface area (Å²) in [5.41, 5.74) is 0.682. The van der Waals surface area contributed by atoms with E-state index in [1.54, 1.807) is 17.7 Å². The smallest absolute Gasteiger partial charge is 0.266 e. The lowest BCUT2D eigenvalue weighted by atomic mass is 10.0. The second-order valence-electron chi connectivity index (χ2n) is 6.79. The van der Waals surface area contributed by atoms with E-state index < -0.39 is 22.0 Å². The number of aryl methyl sites for hydroxylation is 1. The second kappa shape index (κ2) is 8.54. The molecule has 0 bridgehead atoms. The third-order valence-electron chi connectivity index (χ3n) is 4.91. The molecule has 4 rings (SSSR count). The van der Waals surface area contributed by atoms with Gasteiger partial charge in [0.25, 0.3) is 15.9 Å². The molecule has 3 aromatic rings. The van der Waals surface area contributed by atoms with Crippen molar-refractivity contribution in [3.05, 3.63) is 43.4 Å². The highest BCUT2D eigenvalue weighted by Crippen LogP contribution is 2.33. The quantitative estimate of drug-likeness (QED) is 0.488. The predicted molar refractivity (Wildman–Crippen MR) is 122 cm³/mol. The van der Waals surface area contributed by atoms with E-state index in [9.17, 15) is 13.2 Å². The first-order chi connectivity index (χ1) is 14.2. The number of carbonyl (C=O) groups excluding carboxylic acids is 1. The molecule has 0 aliphatic carbocycles. The number of benzene rings is 1. The number of thiophene rings is 1. The van der Waals surface area contributed by atoms with Crippen LogP contribution in [0.4, 0.5) is 0 Å². The lowest BCUT2D eigenvalue weighted by Gasteiger charge is -2.31. The maximum Gasteiger partial charge on any atom is 0.266 e. The highest BCUT2D eigenvalue weighted by molar-refractivity contribution is 7.91. The van der Waals surface area contributed by atoms with Crippen LogP contribution in [0, 0.1) is 0 Å². The lowest BCUT2D eigenvalue weighted by molar-refractivity contribution is -0.122. The van der Waals surface area contributed by atoms with Crippen LogP contribution < -0.4 is 4.80 Å². The van der Waals surface area contributed by atoms with Crippen molar-refractivity contribution in [3.63, 3.8) is 0 Å². The molecule has 1 unspecified atom stereocenters. The Morgan fingerprint density at radius 1 is 1.13 bits per heavy atom. The Morgan fingerprint density at radius 3 is 2.60 bits per heavy atom. The molecule has 0 N–H and O–H groups in total. The summed E-state index contributed by atoms with van der Waals surface area (Å²) in [5, 5.41) is 0.799. The third-order valence-corrected chi connectivity index (χ3v) is 10.4. The van der Waals surface area contributed by atoms with Crippen molar-refractivity contribution in [2.45, 2.75) is 29.5 Å². The van der Waals surface area contributed by atoms with E-state index in [1.807, 2.05) is 6.07 Å². The summed E-state index contributed by atoms with van der Waals surface area (Å²) >= 11 is 20.6. The first-order valence-electron chi connectivity index (χ1n) is 8.99. The molecule has 2 aromatic heterocycles. The maximum atomic E-state index is 13.1. The van der Waals surface area contributed by atoms with Crippen LogP contribution in [0.2, 0.25) is 14.4 Å². The summed E-state index contributed by atoms with van der Waals surface area (Å²) in [6, 6.07) is 5.66. The van der Waals surface area contributed by atoms with E-state index in [2.05, 4.69) is 4.99 Å². The molecule has 1 aromatic carbocycles. The van der Waals surface area contributed by atoms with Gasteiger partial charge < -0.3 is 4.57 Å². The zero-order valence-corrected chi connectivity index (χ0v) is 20.4. The van der Waals surface area contributed by atoms with Crippen LogP contribution in [0.15, 0.2) is 33.5 Å². The molecule has 1 saturated heterocycles. The van der Waals surface area contributed by atoms with E-state index in [0.29, 0.717) is 37.5 Å². The Balaban J connectivity index is 1.74. The number of amides is 1. The zero-order chi connectivity index (χ0) is 21.6. The van der Waals surface area contributed by atoms with Gasteiger partial charge in [-0.15, -0.1) is 11.3 Å². The zero-order valence-electron chi connectivity index (χ0n) is 15.6. The van der Waals surface area contributed by atoms with Crippen LogP contribution in [0.3, 0.4) is 0 Å². The van der Waals surface area contributed by atoms with Crippen LogP contribution in [-0.4, -0.2) is 35.8 Å². The number of carbonyl (C=O) groups is 1. The van der Waals surface area contributed by atoms with Gasteiger partial charge in [0.15, 0.2) is 4.80 Å². The Bertz CT molecular complexity index is 1310. The van der Waals surface area contributed by atoms with Crippen LogP contribution in [-0.2, 0) is 21.9 Å². The molecule has 6 nitrogen and oxygen atoms in total. The van der Waals surface area contributed by atoms with Gasteiger partial charge in [-0.05, 0) is 37.1 Å². The topological polar surface area (TPSA) is 71.7 Å². The number of thiazole rings is 1. The Labute approximate surface area is 196 Å². The Hall–Kier alpha value is -0.940. The molecule has 30 heavy (non-hydrogen) atoms. The summed E-state index contributed by atoms with van der Waals surface area (Å²) in [5.74, 6) is -0.495. The van der Waals surface area contributed by atoms with Gasteiger partial charge in [0.2, 0.25) is 0 Å². The summed E-state index contributed by atoms with van der Waals surface area (Å²) in [4.78, 5) is 17.8. The van der Waals surface area contributed by atoms with E-state index in [4.69, 9.17) is 34.8 Å². The van der Waals surface area contributed by atoms with Gasteiger partial charge in [-0.25, -0.2) is 8.42 Å². The van der Waals surface area contributed by atoms with Crippen molar-refractivity contribution >= 4 is 83.6 Å². The number of aromatic nitrogens is 1. The lowest BCUT2D eigenvalue weighted by Crippen LogP contribution is -2.47. The molecule has 1 atom stereocenters. The van der Waals surface area contributed by atoms with Crippen molar-refractivity contribution in [1.82, 2.24) is 8.87 Å². The maximum absolute atomic E-state index is 13.1. The molecule has 3 heterocycles. The molecule has 0 radical (unpaired) electrons. The minimum atomic E-state index is -3.83. The molecule has 1 aliphatic rings. The van der Waals surface area contributed by atoms with E-state index >= 15 is 0 Å². The minimum Gasteiger partial charge on any atom is -0.318 e. The summed E-state index contributed by atoms with van der Waals surface area (Å²) < 4.78 is 30.5. The summed E-state index contributed by atoms with van der Waals surface area (Å²) in [7, 11) is -2.08. The number of sulfonamides is 1. The number of halogens is 3. The van der Waals surface area contributed by atoms with Crippen molar-refractivity contribution in [1.29, 1.82) is 0 Å². The SMILES string of the molecule is Cn1c(=NC(=O)C2CCCCN2S(=O)(=O)c2ccc(Cl)s2)sc2ccc(Cl)c(Cl)c21. The number of nitrogens with zero attached hydrogens (tertiary/aromatic N) is 3. The van der Waals surface area contributed by atoms with Crippen molar-refractivity contribution < 1.29 is 13.2 Å². The molecular formula is C18H16Cl3N3O3S3. The average Bonchev–Trinajstić information content (AvgIpc) is 3.29. The minimum absolute atomic E-state index is 0.126. The van der Waals surface area contributed by atoms with Crippen LogP contribution >= 0.6 is 57.5 Å². The Kier molecular flexibility index (Phi) is 6.33. The van der Waals surface area contributed by atoms with Gasteiger partial charge in [-0.3, -0.25) is 4.79 Å². The first-order valence-corrected chi connectivity index (χ1v) is 13.2. The largest absolute Gasteiger partial charge is 0.318 e. The van der Waals surface area contributed by atoms with Crippen molar-refractivity contribution in [2.24, 2.45) is 12.0 Å². The van der Waals surface area contributed by atoms with Crippen molar-refractivity contribution in [3.8, 4) is 0 Å². The van der Waals surface area contributed by atoms with Gasteiger partial charge >= 0.3 is 0 Å². The van der Waals surface area contributed by atoms with Gasteiger partial charge in [-0.2, -0.15) is 9.30 Å². The molecule has 0 saturated carbocycles. The fourth-order valence-electron chi connectivity index (χ4n) is 3.44. The Morgan fingerprint density at radius 2 is 1.90 bits per heavy atom. The van der Waals surface area contributed by atoms with Gasteiger partial charge in [-0.1, -0.05) is 52.6 Å². The molecule has 0 spiro atoms. The highest BCUT2D eigenvalue weighted by atomic mass is 35.5. The average molecular weight is 525 g/mol. The van der Waals surface area contributed by atoms with E-state index in [-0.39, 0.29) is 10.8 Å². The predicted octanol–water partition coefficient (Wildman–Crippen LogP) is 4.93. The summed E-state index contributed by atoms with van der Waals surface area (Å²) in [6.45, 7) is 0.268. The molecule has 160 valence electrons. The van der Waals surface area contributed by atoms with Crippen LogP contribution in [0.1, 0.15) is 19.3 Å². The van der Waals surface area contributed by atoms with E-state index in [1.165, 1.54) is 27.8 Å². The molecule has 1 amide bonds. The third kappa shape index (κ3) is 3.97. The van der Waals surface area contributed by atoms with Gasteiger partial charge in [0.1, 0.15) is 10.3 Å². The number of hydrogen-bond donors (Lipinski definition) is 0. The molecular weight excluding hydrogens is 509 g/mol. The molecule has 12 heteroatoms. The van der Waals surface area contributed by atoms with Gasteiger partial charge in [0, 0.05) is 13.6 Å².